The highest BCUT2D eigenvalue weighted by Crippen LogP contribution is 2.31. The van der Waals surface area contributed by atoms with Crippen molar-refractivity contribution in [1.29, 1.82) is 0 Å². The third-order valence-corrected chi connectivity index (χ3v) is 3.70. The first kappa shape index (κ1) is 12.1. The van der Waals surface area contributed by atoms with Crippen molar-refractivity contribution in [3.8, 4) is 5.88 Å². The average molecular weight is 235 g/mol. The summed E-state index contributed by atoms with van der Waals surface area (Å²) in [6.07, 6.45) is 7.90. The summed E-state index contributed by atoms with van der Waals surface area (Å²) in [5, 5.41) is 0. The normalized spacial score (nSPS) is 24.6. The van der Waals surface area contributed by atoms with Crippen LogP contribution in [0.3, 0.4) is 0 Å². The van der Waals surface area contributed by atoms with Gasteiger partial charge in [0.15, 0.2) is 0 Å². The Balaban J connectivity index is 2.11. The minimum atomic E-state index is 0.293. The molecular formula is C13H21N3O. The molecule has 0 saturated heterocycles. The highest BCUT2D eigenvalue weighted by Gasteiger charge is 2.26. The summed E-state index contributed by atoms with van der Waals surface area (Å²) in [4.78, 5) is 8.15. The molecule has 1 aliphatic carbocycles. The number of rotatable bonds is 3. The Morgan fingerprint density at radius 2 is 2.12 bits per heavy atom. The monoisotopic (exact) mass is 235 g/mol. The third kappa shape index (κ3) is 2.68. The number of nitrogens with two attached hydrogens (primary N) is 1. The van der Waals surface area contributed by atoms with Gasteiger partial charge in [-0.25, -0.2) is 9.97 Å². The fourth-order valence-electron chi connectivity index (χ4n) is 2.50. The summed E-state index contributed by atoms with van der Waals surface area (Å²) in [5.74, 6) is 1.82. The van der Waals surface area contributed by atoms with Crippen LogP contribution in [0.5, 0.6) is 5.88 Å². The number of anilines is 1. The highest BCUT2D eigenvalue weighted by molar-refractivity contribution is 5.43. The minimum Gasteiger partial charge on any atom is -0.474 e. The van der Waals surface area contributed by atoms with Gasteiger partial charge in [-0.1, -0.05) is 13.3 Å². The van der Waals surface area contributed by atoms with Gasteiger partial charge in [0.25, 0.3) is 0 Å². The van der Waals surface area contributed by atoms with Gasteiger partial charge >= 0.3 is 0 Å². The van der Waals surface area contributed by atoms with E-state index in [0.29, 0.717) is 23.7 Å². The number of nitrogens with zero attached hydrogens (tertiary/aromatic N) is 2. The largest absolute Gasteiger partial charge is 0.474 e. The van der Waals surface area contributed by atoms with Gasteiger partial charge in [0.05, 0.1) is 5.56 Å². The first-order valence-electron chi connectivity index (χ1n) is 6.46. The minimum absolute atomic E-state index is 0.293. The summed E-state index contributed by atoms with van der Waals surface area (Å²) >= 11 is 0. The summed E-state index contributed by atoms with van der Waals surface area (Å²) in [7, 11) is 0. The zero-order valence-corrected chi connectivity index (χ0v) is 10.6. The van der Waals surface area contributed by atoms with E-state index in [1.807, 2.05) is 6.92 Å². The lowest BCUT2D eigenvalue weighted by atomic mass is 9.85. The molecule has 2 rings (SSSR count). The number of aromatic nitrogens is 2. The summed E-state index contributed by atoms with van der Waals surface area (Å²) < 4.78 is 6.04. The Labute approximate surface area is 103 Å². The van der Waals surface area contributed by atoms with Gasteiger partial charge in [0.2, 0.25) is 5.88 Å². The molecule has 1 fully saturated rings. The molecule has 2 unspecified atom stereocenters. The number of ether oxygens (including phenoxy) is 1. The maximum Gasteiger partial charge on any atom is 0.221 e. The van der Waals surface area contributed by atoms with Gasteiger partial charge in [-0.15, -0.1) is 0 Å². The van der Waals surface area contributed by atoms with E-state index in [2.05, 4.69) is 16.9 Å². The van der Waals surface area contributed by atoms with Crippen molar-refractivity contribution >= 4 is 5.82 Å². The second kappa shape index (κ2) is 5.34. The van der Waals surface area contributed by atoms with Gasteiger partial charge in [-0.2, -0.15) is 0 Å². The van der Waals surface area contributed by atoms with E-state index >= 15 is 0 Å². The van der Waals surface area contributed by atoms with E-state index in [4.69, 9.17) is 10.5 Å². The number of nitrogen functional groups attached to an aromatic ring is 1. The van der Waals surface area contributed by atoms with Crippen molar-refractivity contribution in [1.82, 2.24) is 9.97 Å². The van der Waals surface area contributed by atoms with Crippen molar-refractivity contribution in [3.63, 3.8) is 0 Å². The second-order valence-electron chi connectivity index (χ2n) is 4.80. The lowest BCUT2D eigenvalue weighted by molar-refractivity contribution is 0.0850. The Kier molecular flexibility index (Phi) is 3.82. The summed E-state index contributed by atoms with van der Waals surface area (Å²) in [5.41, 5.74) is 6.62. The van der Waals surface area contributed by atoms with Gasteiger partial charge in [0.1, 0.15) is 18.2 Å². The van der Waals surface area contributed by atoms with E-state index < -0.39 is 0 Å². The average Bonchev–Trinajstić information content (AvgIpc) is 2.35. The zero-order chi connectivity index (χ0) is 12.3. The summed E-state index contributed by atoms with van der Waals surface area (Å²) in [6, 6.07) is 0. The van der Waals surface area contributed by atoms with Gasteiger partial charge in [-0.05, 0) is 38.5 Å². The molecule has 0 aromatic carbocycles. The maximum atomic E-state index is 6.04. The zero-order valence-electron chi connectivity index (χ0n) is 10.6. The molecule has 4 heteroatoms. The lowest BCUT2D eigenvalue weighted by Gasteiger charge is -2.31. The molecule has 1 aromatic rings. The Morgan fingerprint density at radius 3 is 2.88 bits per heavy atom. The van der Waals surface area contributed by atoms with Gasteiger partial charge in [-0.3, -0.25) is 0 Å². The van der Waals surface area contributed by atoms with Crippen LogP contribution in [-0.4, -0.2) is 16.1 Å². The molecule has 0 radical (unpaired) electrons. The van der Waals surface area contributed by atoms with Crippen LogP contribution in [0.1, 0.15) is 44.6 Å². The van der Waals surface area contributed by atoms with Crippen LogP contribution < -0.4 is 10.5 Å². The standard InChI is InChI=1S/C13H21N3O/c1-3-10-6-4-5-7-11(10)17-13-9(2)12(14)15-8-16-13/h8,10-11H,3-7H2,1-2H3,(H2,14,15,16). The van der Waals surface area contributed by atoms with E-state index in [-0.39, 0.29) is 0 Å². The Hall–Kier alpha value is -1.32. The van der Waals surface area contributed by atoms with Crippen molar-refractivity contribution in [2.75, 3.05) is 5.73 Å². The Morgan fingerprint density at radius 1 is 1.35 bits per heavy atom. The quantitative estimate of drug-likeness (QED) is 0.875. The van der Waals surface area contributed by atoms with Crippen molar-refractivity contribution < 1.29 is 4.74 Å². The second-order valence-corrected chi connectivity index (χ2v) is 4.80. The van der Waals surface area contributed by atoms with Crippen LogP contribution in [-0.2, 0) is 0 Å². The molecule has 0 amide bonds. The molecule has 1 aliphatic rings. The van der Waals surface area contributed by atoms with Crippen molar-refractivity contribution in [2.45, 2.75) is 52.1 Å². The molecule has 17 heavy (non-hydrogen) atoms. The van der Waals surface area contributed by atoms with Crippen LogP contribution in [0.2, 0.25) is 0 Å². The first-order valence-corrected chi connectivity index (χ1v) is 6.46. The predicted molar refractivity (Wildman–Crippen MR) is 67.8 cm³/mol. The molecule has 1 aromatic heterocycles. The number of hydrogen-bond acceptors (Lipinski definition) is 4. The van der Waals surface area contributed by atoms with Crippen LogP contribution in [0.15, 0.2) is 6.33 Å². The third-order valence-electron chi connectivity index (χ3n) is 3.70. The van der Waals surface area contributed by atoms with E-state index in [9.17, 15) is 0 Å². The molecule has 0 bridgehead atoms. The topological polar surface area (TPSA) is 61.0 Å². The van der Waals surface area contributed by atoms with E-state index in [1.165, 1.54) is 32.0 Å². The first-order chi connectivity index (χ1) is 8.22. The van der Waals surface area contributed by atoms with Crippen LogP contribution in [0, 0.1) is 12.8 Å². The van der Waals surface area contributed by atoms with Crippen molar-refractivity contribution in [3.05, 3.63) is 11.9 Å². The summed E-state index contributed by atoms with van der Waals surface area (Å²) in [6.45, 7) is 4.14. The molecule has 94 valence electrons. The maximum absolute atomic E-state index is 6.04. The van der Waals surface area contributed by atoms with E-state index in [1.54, 1.807) is 0 Å². The molecule has 4 nitrogen and oxygen atoms in total. The predicted octanol–water partition coefficient (Wildman–Crippen LogP) is 2.71. The lowest BCUT2D eigenvalue weighted by Crippen LogP contribution is -2.30. The molecule has 0 aliphatic heterocycles. The highest BCUT2D eigenvalue weighted by atomic mass is 16.5. The van der Waals surface area contributed by atoms with Gasteiger partial charge < -0.3 is 10.5 Å². The van der Waals surface area contributed by atoms with Crippen molar-refractivity contribution in [2.24, 2.45) is 5.92 Å². The molecule has 1 saturated carbocycles. The molecule has 1 heterocycles. The molecule has 2 N–H and O–H groups in total. The fourth-order valence-corrected chi connectivity index (χ4v) is 2.50. The van der Waals surface area contributed by atoms with E-state index in [0.717, 1.165) is 12.0 Å². The van der Waals surface area contributed by atoms with Crippen LogP contribution in [0.25, 0.3) is 0 Å². The molecular weight excluding hydrogens is 214 g/mol. The SMILES string of the molecule is CCC1CCCCC1Oc1ncnc(N)c1C. The van der Waals surface area contributed by atoms with Crippen LogP contribution in [0.4, 0.5) is 5.82 Å². The van der Waals surface area contributed by atoms with Crippen LogP contribution >= 0.6 is 0 Å². The fraction of sp³-hybridized carbons (Fsp3) is 0.692. The smallest absolute Gasteiger partial charge is 0.221 e. The Bertz CT molecular complexity index is 381. The number of hydrogen-bond donors (Lipinski definition) is 1. The molecule has 0 spiro atoms. The van der Waals surface area contributed by atoms with Gasteiger partial charge in [0, 0.05) is 0 Å². The molecule has 2 atom stereocenters.